The van der Waals surface area contributed by atoms with Crippen LogP contribution in [0.4, 0.5) is 0 Å². The first-order valence-electron chi connectivity index (χ1n) is 9.90. The van der Waals surface area contributed by atoms with Crippen molar-refractivity contribution in [3.63, 3.8) is 0 Å². The molecule has 0 N–H and O–H groups in total. The summed E-state index contributed by atoms with van der Waals surface area (Å²) in [6.45, 7) is 8.55. The fraction of sp³-hybridized carbons (Fsp3) is 0.381. The van der Waals surface area contributed by atoms with Crippen molar-refractivity contribution in [2.45, 2.75) is 24.3 Å². The molecule has 3 heterocycles. The average molecular weight is 412 g/mol. The summed E-state index contributed by atoms with van der Waals surface area (Å²) in [6, 6.07) is 13.6. The smallest absolute Gasteiger partial charge is 0.235 e. The van der Waals surface area contributed by atoms with Gasteiger partial charge in [-0.05, 0) is 37.7 Å². The fourth-order valence-electron chi connectivity index (χ4n) is 3.47. The number of carbonyl (C=O) groups is 1. The lowest BCUT2D eigenvalue weighted by Gasteiger charge is -2.35. The van der Waals surface area contributed by atoms with Crippen molar-refractivity contribution < 1.29 is 9.21 Å². The monoisotopic (exact) mass is 411 g/mol. The van der Waals surface area contributed by atoms with Gasteiger partial charge in [0.2, 0.25) is 11.7 Å². The van der Waals surface area contributed by atoms with Crippen molar-refractivity contribution in [3.05, 3.63) is 48.7 Å². The minimum absolute atomic E-state index is 0.146. The van der Waals surface area contributed by atoms with Crippen LogP contribution in [0.1, 0.15) is 13.8 Å². The molecule has 1 aliphatic rings. The molecule has 3 aromatic rings. The number of benzene rings is 1. The highest BCUT2D eigenvalue weighted by atomic mass is 32.2. The maximum absolute atomic E-state index is 13.0. The van der Waals surface area contributed by atoms with E-state index in [0.29, 0.717) is 16.7 Å². The second-order valence-corrected chi connectivity index (χ2v) is 8.28. The normalized spacial score (nSPS) is 16.1. The summed E-state index contributed by atoms with van der Waals surface area (Å²) in [4.78, 5) is 17.3. The molecule has 1 saturated heterocycles. The van der Waals surface area contributed by atoms with E-state index in [0.717, 1.165) is 38.4 Å². The molecule has 29 heavy (non-hydrogen) atoms. The maximum Gasteiger partial charge on any atom is 0.235 e. The van der Waals surface area contributed by atoms with Crippen molar-refractivity contribution >= 4 is 17.7 Å². The van der Waals surface area contributed by atoms with Crippen molar-refractivity contribution in [1.29, 1.82) is 0 Å². The van der Waals surface area contributed by atoms with Crippen LogP contribution in [0.3, 0.4) is 0 Å². The van der Waals surface area contributed by atoms with Crippen LogP contribution in [0.25, 0.3) is 17.3 Å². The number of rotatable bonds is 6. The Balaban J connectivity index is 1.56. The first-order valence-corrected chi connectivity index (χ1v) is 10.8. The molecule has 0 radical (unpaired) electrons. The molecule has 0 spiro atoms. The summed E-state index contributed by atoms with van der Waals surface area (Å²) in [7, 11) is 0. The summed E-state index contributed by atoms with van der Waals surface area (Å²) < 4.78 is 7.50. The number of thioether (sulfide) groups is 1. The van der Waals surface area contributed by atoms with Gasteiger partial charge in [-0.2, -0.15) is 0 Å². The third-order valence-corrected chi connectivity index (χ3v) is 6.18. The van der Waals surface area contributed by atoms with Gasteiger partial charge in [0.1, 0.15) is 0 Å². The number of furan rings is 1. The number of amides is 1. The van der Waals surface area contributed by atoms with Crippen molar-refractivity contribution in [3.8, 4) is 17.3 Å². The number of nitrogens with zero attached hydrogens (tertiary/aromatic N) is 5. The molecule has 0 aliphatic carbocycles. The molecule has 1 aliphatic heterocycles. The van der Waals surface area contributed by atoms with Gasteiger partial charge in [-0.25, -0.2) is 0 Å². The van der Waals surface area contributed by atoms with Crippen LogP contribution >= 0.6 is 11.8 Å². The minimum Gasteiger partial charge on any atom is -0.461 e. The van der Waals surface area contributed by atoms with Crippen LogP contribution in [-0.4, -0.2) is 68.4 Å². The Morgan fingerprint density at radius 2 is 1.86 bits per heavy atom. The van der Waals surface area contributed by atoms with Crippen LogP contribution in [0.15, 0.2) is 58.3 Å². The first kappa shape index (κ1) is 19.7. The Kier molecular flexibility index (Phi) is 6.01. The van der Waals surface area contributed by atoms with E-state index in [-0.39, 0.29) is 11.2 Å². The van der Waals surface area contributed by atoms with E-state index in [2.05, 4.69) is 22.0 Å². The molecule has 0 unspecified atom stereocenters. The van der Waals surface area contributed by atoms with E-state index >= 15 is 0 Å². The quantitative estimate of drug-likeness (QED) is 0.581. The molecule has 1 aromatic carbocycles. The van der Waals surface area contributed by atoms with E-state index < -0.39 is 0 Å². The van der Waals surface area contributed by atoms with E-state index in [9.17, 15) is 4.79 Å². The van der Waals surface area contributed by atoms with Crippen LogP contribution < -0.4 is 0 Å². The molecule has 1 atom stereocenters. The zero-order chi connectivity index (χ0) is 20.2. The highest BCUT2D eigenvalue weighted by Crippen LogP contribution is 2.31. The average Bonchev–Trinajstić information content (AvgIpc) is 3.43. The predicted molar refractivity (Wildman–Crippen MR) is 113 cm³/mol. The van der Waals surface area contributed by atoms with Crippen LogP contribution in [0.2, 0.25) is 0 Å². The Morgan fingerprint density at radius 3 is 2.52 bits per heavy atom. The lowest BCUT2D eigenvalue weighted by atomic mass is 10.3. The second kappa shape index (κ2) is 8.84. The summed E-state index contributed by atoms with van der Waals surface area (Å²) in [5.41, 5.74) is 0.933. The fourth-order valence-corrected chi connectivity index (χ4v) is 4.42. The number of aromatic nitrogens is 3. The standard InChI is InChI=1S/C21H25N5O2S/c1-3-24-11-13-25(14-12-24)20(27)16(2)29-21-23-22-19(18-10-7-15-28-18)26(21)17-8-5-4-6-9-17/h4-10,15-16H,3,11-14H2,1-2H3/t16-/m0/s1. The minimum atomic E-state index is -0.251. The Hall–Kier alpha value is -2.58. The van der Waals surface area contributed by atoms with Gasteiger partial charge >= 0.3 is 0 Å². The maximum atomic E-state index is 13.0. The van der Waals surface area contributed by atoms with E-state index in [1.807, 2.05) is 58.9 Å². The SMILES string of the molecule is CCN1CCN(C(=O)[C@H](C)Sc2nnc(-c3ccco3)n2-c2ccccc2)CC1. The lowest BCUT2D eigenvalue weighted by molar-refractivity contribution is -0.132. The summed E-state index contributed by atoms with van der Waals surface area (Å²) >= 11 is 1.43. The van der Waals surface area contributed by atoms with Gasteiger partial charge < -0.3 is 14.2 Å². The van der Waals surface area contributed by atoms with Crippen molar-refractivity contribution in [2.75, 3.05) is 32.7 Å². The number of hydrogen-bond donors (Lipinski definition) is 0. The first-order chi connectivity index (χ1) is 14.2. The Labute approximate surface area is 174 Å². The molecule has 0 bridgehead atoms. The topological polar surface area (TPSA) is 67.4 Å². The molecule has 7 nitrogen and oxygen atoms in total. The zero-order valence-corrected chi connectivity index (χ0v) is 17.5. The number of piperazine rings is 1. The van der Waals surface area contributed by atoms with Crippen LogP contribution in [0, 0.1) is 0 Å². The molecule has 152 valence electrons. The van der Waals surface area contributed by atoms with Gasteiger partial charge in [0, 0.05) is 31.9 Å². The number of hydrogen-bond acceptors (Lipinski definition) is 6. The lowest BCUT2D eigenvalue weighted by Crippen LogP contribution is -2.50. The number of para-hydroxylation sites is 1. The van der Waals surface area contributed by atoms with Gasteiger partial charge in [-0.1, -0.05) is 36.9 Å². The predicted octanol–water partition coefficient (Wildman–Crippen LogP) is 3.17. The summed E-state index contributed by atoms with van der Waals surface area (Å²) in [5, 5.41) is 9.15. The van der Waals surface area contributed by atoms with Crippen LogP contribution in [0.5, 0.6) is 0 Å². The number of likely N-dealkylation sites (N-methyl/N-ethyl adjacent to an activating group) is 1. The summed E-state index contributed by atoms with van der Waals surface area (Å²) in [6.07, 6.45) is 1.62. The van der Waals surface area contributed by atoms with Crippen molar-refractivity contribution in [1.82, 2.24) is 24.6 Å². The third kappa shape index (κ3) is 4.23. The molecule has 0 saturated carbocycles. The van der Waals surface area contributed by atoms with E-state index in [1.54, 1.807) is 6.26 Å². The number of carbonyl (C=O) groups excluding carboxylic acids is 1. The summed E-state index contributed by atoms with van der Waals surface area (Å²) in [5.74, 6) is 1.41. The largest absolute Gasteiger partial charge is 0.461 e. The molecule has 4 rings (SSSR count). The van der Waals surface area contributed by atoms with Gasteiger partial charge in [-0.15, -0.1) is 10.2 Å². The Morgan fingerprint density at radius 1 is 1.10 bits per heavy atom. The van der Waals surface area contributed by atoms with Gasteiger partial charge in [0.25, 0.3) is 0 Å². The van der Waals surface area contributed by atoms with Crippen LogP contribution in [-0.2, 0) is 4.79 Å². The molecular formula is C21H25N5O2S. The molecule has 1 fully saturated rings. The van der Waals surface area contributed by atoms with E-state index in [4.69, 9.17) is 4.42 Å². The van der Waals surface area contributed by atoms with Gasteiger partial charge in [0.15, 0.2) is 10.9 Å². The zero-order valence-electron chi connectivity index (χ0n) is 16.7. The molecule has 8 heteroatoms. The highest BCUT2D eigenvalue weighted by Gasteiger charge is 2.27. The van der Waals surface area contributed by atoms with E-state index in [1.165, 1.54) is 11.8 Å². The Bertz CT molecular complexity index is 933. The second-order valence-electron chi connectivity index (χ2n) is 6.97. The van der Waals surface area contributed by atoms with Gasteiger partial charge in [-0.3, -0.25) is 9.36 Å². The molecule has 1 amide bonds. The van der Waals surface area contributed by atoms with Gasteiger partial charge in [0.05, 0.1) is 11.5 Å². The highest BCUT2D eigenvalue weighted by molar-refractivity contribution is 8.00. The molecule has 2 aromatic heterocycles. The van der Waals surface area contributed by atoms with Crippen molar-refractivity contribution in [2.24, 2.45) is 0 Å². The third-order valence-electron chi connectivity index (χ3n) is 5.15. The molecular weight excluding hydrogens is 386 g/mol.